The highest BCUT2D eigenvalue weighted by molar-refractivity contribution is 7.09. The monoisotopic (exact) mass is 276 g/mol. The minimum atomic E-state index is -0.0409. The van der Waals surface area contributed by atoms with Crippen LogP contribution in [0.5, 0.6) is 0 Å². The Labute approximate surface area is 116 Å². The molecule has 3 N–H and O–H groups in total. The Hall–Kier alpha value is -2.08. The number of benzene rings is 1. The number of thiazole rings is 1. The highest BCUT2D eigenvalue weighted by Crippen LogP contribution is 2.22. The molecule has 1 heterocycles. The molecule has 0 radical (unpaired) electrons. The first kappa shape index (κ1) is 13.4. The fraction of sp³-hybridized carbons (Fsp3) is 0.231. The van der Waals surface area contributed by atoms with Gasteiger partial charge in [0.1, 0.15) is 0 Å². The third-order valence-electron chi connectivity index (χ3n) is 2.64. The van der Waals surface area contributed by atoms with E-state index < -0.39 is 0 Å². The molecule has 0 aliphatic carbocycles. The first-order valence-electron chi connectivity index (χ1n) is 5.80. The van der Waals surface area contributed by atoms with Crippen LogP contribution in [-0.4, -0.2) is 29.9 Å². The van der Waals surface area contributed by atoms with E-state index in [4.69, 9.17) is 5.73 Å². The molecule has 1 aromatic heterocycles. The van der Waals surface area contributed by atoms with Crippen LogP contribution >= 0.6 is 11.3 Å². The van der Waals surface area contributed by atoms with Crippen molar-refractivity contribution in [3.8, 4) is 0 Å². The number of nitrogens with two attached hydrogens (primary N) is 1. The number of carbonyl (C=O) groups is 1. The maximum atomic E-state index is 11.9. The average molecular weight is 276 g/mol. The molecule has 0 aliphatic rings. The topological polar surface area (TPSA) is 71.2 Å². The normalized spacial score (nSPS) is 10.2. The number of amides is 1. The first-order valence-corrected chi connectivity index (χ1v) is 6.68. The van der Waals surface area contributed by atoms with E-state index in [9.17, 15) is 4.79 Å². The summed E-state index contributed by atoms with van der Waals surface area (Å²) in [5.41, 5.74) is 9.70. The molecule has 2 rings (SSSR count). The predicted octanol–water partition coefficient (Wildman–Crippen LogP) is 2.04. The van der Waals surface area contributed by atoms with Crippen molar-refractivity contribution in [2.45, 2.75) is 6.54 Å². The van der Waals surface area contributed by atoms with Crippen molar-refractivity contribution in [3.63, 3.8) is 0 Å². The van der Waals surface area contributed by atoms with Crippen molar-refractivity contribution < 1.29 is 4.79 Å². The van der Waals surface area contributed by atoms with Crippen LogP contribution in [0.25, 0.3) is 0 Å². The fourth-order valence-corrected chi connectivity index (χ4v) is 2.15. The molecule has 5 nitrogen and oxygen atoms in total. The summed E-state index contributed by atoms with van der Waals surface area (Å²) in [6, 6.07) is 5.25. The number of aromatic nitrogens is 1. The molecule has 1 amide bonds. The summed E-state index contributed by atoms with van der Waals surface area (Å²) < 4.78 is 0. The van der Waals surface area contributed by atoms with Crippen molar-refractivity contribution in [2.24, 2.45) is 0 Å². The lowest BCUT2D eigenvalue weighted by atomic mass is 10.1. The van der Waals surface area contributed by atoms with Crippen molar-refractivity contribution in [2.75, 3.05) is 25.1 Å². The van der Waals surface area contributed by atoms with Gasteiger partial charge in [0.2, 0.25) is 0 Å². The van der Waals surface area contributed by atoms with E-state index in [0.29, 0.717) is 17.8 Å². The molecular formula is C13H16N4OS. The van der Waals surface area contributed by atoms with Crippen molar-refractivity contribution in [1.29, 1.82) is 0 Å². The van der Waals surface area contributed by atoms with Crippen LogP contribution in [0.1, 0.15) is 15.2 Å². The molecular weight excluding hydrogens is 260 g/mol. The van der Waals surface area contributed by atoms with Crippen molar-refractivity contribution >= 4 is 28.6 Å². The third-order valence-corrected chi connectivity index (χ3v) is 3.42. The molecule has 0 saturated heterocycles. The Bertz CT molecular complexity index is 566. The van der Waals surface area contributed by atoms with Gasteiger partial charge in [-0.25, -0.2) is 0 Å². The second kappa shape index (κ2) is 5.71. The minimum absolute atomic E-state index is 0.0409. The maximum absolute atomic E-state index is 11.9. The zero-order chi connectivity index (χ0) is 13.8. The molecule has 100 valence electrons. The van der Waals surface area contributed by atoms with Gasteiger partial charge >= 0.3 is 0 Å². The first-order chi connectivity index (χ1) is 9.08. The number of hydrogen-bond acceptors (Lipinski definition) is 5. The molecule has 0 aliphatic heterocycles. The Kier molecular flexibility index (Phi) is 4.01. The van der Waals surface area contributed by atoms with Gasteiger partial charge in [-0.3, -0.25) is 9.78 Å². The molecule has 0 fully saturated rings. The van der Waals surface area contributed by atoms with Crippen LogP contribution in [0.3, 0.4) is 0 Å². The number of carbonyl (C=O) groups excluding carboxylic acids is 1. The molecule has 0 spiro atoms. The van der Waals surface area contributed by atoms with Gasteiger partial charge in [-0.15, -0.1) is 11.3 Å². The van der Waals surface area contributed by atoms with E-state index in [1.54, 1.807) is 54.0 Å². The molecule has 0 atom stereocenters. The summed E-state index contributed by atoms with van der Waals surface area (Å²) >= 11 is 1.57. The Morgan fingerprint density at radius 3 is 2.89 bits per heavy atom. The third kappa shape index (κ3) is 3.23. The number of nitrogens with one attached hydrogen (secondary N) is 1. The highest BCUT2D eigenvalue weighted by Gasteiger charge is 2.10. The van der Waals surface area contributed by atoms with E-state index in [2.05, 4.69) is 10.3 Å². The molecule has 1 aromatic carbocycles. The molecule has 2 aromatic rings. The van der Waals surface area contributed by atoms with Gasteiger partial charge in [0, 0.05) is 30.7 Å². The van der Waals surface area contributed by atoms with E-state index in [1.807, 2.05) is 6.20 Å². The smallest absolute Gasteiger partial charge is 0.253 e. The minimum Gasteiger partial charge on any atom is -0.397 e. The van der Waals surface area contributed by atoms with Gasteiger partial charge in [-0.2, -0.15) is 0 Å². The van der Waals surface area contributed by atoms with Gasteiger partial charge in [0.15, 0.2) is 0 Å². The van der Waals surface area contributed by atoms with Crippen LogP contribution in [0.15, 0.2) is 29.9 Å². The van der Waals surface area contributed by atoms with Gasteiger partial charge in [-0.1, -0.05) is 0 Å². The van der Waals surface area contributed by atoms with Crippen LogP contribution in [-0.2, 0) is 6.54 Å². The lowest BCUT2D eigenvalue weighted by molar-refractivity contribution is 0.0827. The van der Waals surface area contributed by atoms with Gasteiger partial charge in [-0.05, 0) is 18.2 Å². The van der Waals surface area contributed by atoms with E-state index >= 15 is 0 Å². The summed E-state index contributed by atoms with van der Waals surface area (Å²) in [6.07, 6.45) is 1.81. The van der Waals surface area contributed by atoms with Gasteiger partial charge in [0.05, 0.1) is 23.4 Å². The van der Waals surface area contributed by atoms with Crippen molar-refractivity contribution in [1.82, 2.24) is 9.88 Å². The number of nitrogen functional groups attached to an aromatic ring is 1. The molecule has 0 bridgehead atoms. The maximum Gasteiger partial charge on any atom is 0.253 e. The number of rotatable bonds is 4. The zero-order valence-electron chi connectivity index (χ0n) is 10.9. The standard InChI is InChI=1S/C13H16N4OS/c1-17(2)13(18)9-3-4-11(14)12(5-9)16-7-10-6-15-8-19-10/h3-6,8,16H,7,14H2,1-2H3. The summed E-state index contributed by atoms with van der Waals surface area (Å²) in [4.78, 5) is 18.6. The van der Waals surface area contributed by atoms with Crippen LogP contribution in [0.2, 0.25) is 0 Å². The Balaban J connectivity index is 2.15. The Morgan fingerprint density at radius 1 is 1.47 bits per heavy atom. The molecule has 19 heavy (non-hydrogen) atoms. The molecule has 0 unspecified atom stereocenters. The summed E-state index contributed by atoms with van der Waals surface area (Å²) in [6.45, 7) is 0.647. The summed E-state index contributed by atoms with van der Waals surface area (Å²) in [5.74, 6) is -0.0409. The second-order valence-corrected chi connectivity index (χ2v) is 5.29. The summed E-state index contributed by atoms with van der Waals surface area (Å²) in [5, 5.41) is 3.22. The SMILES string of the molecule is CN(C)C(=O)c1ccc(N)c(NCc2cncs2)c1. The number of anilines is 2. The van der Waals surface area contributed by atoms with Crippen LogP contribution in [0.4, 0.5) is 11.4 Å². The van der Waals surface area contributed by atoms with E-state index in [-0.39, 0.29) is 5.91 Å². The fourth-order valence-electron chi connectivity index (χ4n) is 1.61. The van der Waals surface area contributed by atoms with Gasteiger partial charge < -0.3 is 16.0 Å². The van der Waals surface area contributed by atoms with Gasteiger partial charge in [0.25, 0.3) is 5.91 Å². The average Bonchev–Trinajstić information content (AvgIpc) is 2.90. The van der Waals surface area contributed by atoms with Crippen molar-refractivity contribution in [3.05, 3.63) is 40.3 Å². The second-order valence-electron chi connectivity index (χ2n) is 4.32. The summed E-state index contributed by atoms with van der Waals surface area (Å²) in [7, 11) is 3.45. The van der Waals surface area contributed by atoms with Crippen LogP contribution in [0, 0.1) is 0 Å². The quantitative estimate of drug-likeness (QED) is 0.838. The number of nitrogens with zero attached hydrogens (tertiary/aromatic N) is 2. The molecule has 6 heteroatoms. The lowest BCUT2D eigenvalue weighted by Crippen LogP contribution is -2.21. The van der Waals surface area contributed by atoms with Crippen LogP contribution < -0.4 is 11.1 Å². The Morgan fingerprint density at radius 2 is 2.26 bits per heavy atom. The zero-order valence-corrected chi connectivity index (χ0v) is 11.7. The highest BCUT2D eigenvalue weighted by atomic mass is 32.1. The predicted molar refractivity (Wildman–Crippen MR) is 78.3 cm³/mol. The van der Waals surface area contributed by atoms with E-state index in [1.165, 1.54) is 0 Å². The molecule has 0 saturated carbocycles. The largest absolute Gasteiger partial charge is 0.397 e. The number of hydrogen-bond donors (Lipinski definition) is 2. The lowest BCUT2D eigenvalue weighted by Gasteiger charge is -2.13. The van der Waals surface area contributed by atoms with E-state index in [0.717, 1.165) is 10.6 Å².